The van der Waals surface area contributed by atoms with E-state index in [9.17, 15) is 9.59 Å². The maximum absolute atomic E-state index is 10.5. The number of carbonyl (C=O) groups excluding carboxylic acids is 1. The molecule has 0 aromatic heterocycles. The van der Waals surface area contributed by atoms with Crippen LogP contribution in [0.2, 0.25) is 0 Å². The Balaban J connectivity index is 3.11. The van der Waals surface area contributed by atoms with Gasteiger partial charge in [-0.2, -0.15) is 0 Å². The molecule has 0 heterocycles. The molecule has 0 amide bonds. The monoisotopic (exact) mass is 242 g/mol. The highest BCUT2D eigenvalue weighted by Gasteiger charge is 2.11. The van der Waals surface area contributed by atoms with Crippen LogP contribution in [-0.4, -0.2) is 23.7 Å². The fraction of sp³-hybridized carbons (Fsp3) is 0.692. The van der Waals surface area contributed by atoms with Gasteiger partial charge in [0, 0.05) is 0 Å². The third kappa shape index (κ3) is 11.0. The average Bonchev–Trinajstić information content (AvgIpc) is 2.31. The van der Waals surface area contributed by atoms with Gasteiger partial charge in [0.2, 0.25) is 0 Å². The molecule has 0 fully saturated rings. The smallest absolute Gasteiger partial charge is 0.417 e. The molecule has 0 atom stereocenters. The van der Waals surface area contributed by atoms with Crippen LogP contribution in [-0.2, 0) is 14.3 Å². The normalized spacial score (nSPS) is 9.88. The van der Waals surface area contributed by atoms with Crippen LogP contribution < -0.4 is 0 Å². The maximum atomic E-state index is 10.5. The Morgan fingerprint density at radius 2 is 1.53 bits per heavy atom. The molecule has 0 spiro atoms. The Bertz CT molecular complexity index is 236. The Morgan fingerprint density at radius 3 is 2.06 bits per heavy atom. The molecule has 0 aliphatic heterocycles. The summed E-state index contributed by atoms with van der Waals surface area (Å²) in [5, 5.41) is 8.24. The minimum Gasteiger partial charge on any atom is -0.473 e. The zero-order chi connectivity index (χ0) is 12.9. The molecule has 0 aliphatic carbocycles. The topological polar surface area (TPSA) is 63.6 Å². The summed E-state index contributed by atoms with van der Waals surface area (Å²) in [7, 11) is 0. The number of aliphatic carboxylic acids is 1. The second kappa shape index (κ2) is 11.2. The minimum absolute atomic E-state index is 0.210. The lowest BCUT2D eigenvalue weighted by atomic mass is 10.1. The quantitative estimate of drug-likeness (QED) is 0.277. The van der Waals surface area contributed by atoms with Crippen LogP contribution in [0.25, 0.3) is 0 Å². The van der Waals surface area contributed by atoms with E-state index in [1.165, 1.54) is 25.7 Å². The molecule has 0 aromatic carbocycles. The molecule has 17 heavy (non-hydrogen) atoms. The van der Waals surface area contributed by atoms with E-state index in [1.54, 1.807) is 0 Å². The van der Waals surface area contributed by atoms with Gasteiger partial charge in [-0.1, -0.05) is 38.2 Å². The van der Waals surface area contributed by atoms with Gasteiger partial charge in [-0.05, 0) is 19.3 Å². The number of allylic oxidation sites excluding steroid dienone is 1. The number of hydrogen-bond donors (Lipinski definition) is 1. The van der Waals surface area contributed by atoms with Crippen molar-refractivity contribution in [2.45, 2.75) is 51.4 Å². The zero-order valence-electron chi connectivity index (χ0n) is 10.3. The molecule has 0 saturated carbocycles. The van der Waals surface area contributed by atoms with Crippen molar-refractivity contribution in [3.8, 4) is 0 Å². The van der Waals surface area contributed by atoms with Crippen molar-refractivity contribution in [3.05, 3.63) is 12.7 Å². The Morgan fingerprint density at radius 1 is 1.00 bits per heavy atom. The number of ether oxygens (including phenoxy) is 1. The molecular formula is C13H22O4. The van der Waals surface area contributed by atoms with Gasteiger partial charge in [0.1, 0.15) is 0 Å². The summed E-state index contributed by atoms with van der Waals surface area (Å²) in [5.74, 6) is -2.68. The number of unbranched alkanes of at least 4 members (excludes halogenated alkanes) is 7. The highest BCUT2D eigenvalue weighted by Crippen LogP contribution is 2.08. The van der Waals surface area contributed by atoms with Crippen molar-refractivity contribution in [3.63, 3.8) is 0 Å². The van der Waals surface area contributed by atoms with Gasteiger partial charge in [-0.3, -0.25) is 0 Å². The van der Waals surface area contributed by atoms with Crippen LogP contribution in [0, 0.1) is 0 Å². The van der Waals surface area contributed by atoms with E-state index in [4.69, 9.17) is 5.11 Å². The predicted molar refractivity (Wildman–Crippen MR) is 65.7 cm³/mol. The first-order valence-electron chi connectivity index (χ1n) is 6.19. The molecule has 1 N–H and O–H groups in total. The number of rotatable bonds is 10. The summed E-state index contributed by atoms with van der Waals surface area (Å²) in [4.78, 5) is 20.7. The Hall–Kier alpha value is -1.32. The van der Waals surface area contributed by atoms with Crippen molar-refractivity contribution in [1.82, 2.24) is 0 Å². The fourth-order valence-corrected chi connectivity index (χ4v) is 1.50. The molecule has 98 valence electrons. The van der Waals surface area contributed by atoms with Gasteiger partial charge >= 0.3 is 11.9 Å². The van der Waals surface area contributed by atoms with Crippen LogP contribution in [0.3, 0.4) is 0 Å². The van der Waals surface area contributed by atoms with Gasteiger partial charge in [0.05, 0.1) is 6.61 Å². The van der Waals surface area contributed by atoms with Crippen molar-refractivity contribution >= 4 is 11.9 Å². The van der Waals surface area contributed by atoms with E-state index in [0.717, 1.165) is 25.7 Å². The Kier molecular flexibility index (Phi) is 10.3. The number of esters is 1. The molecular weight excluding hydrogens is 220 g/mol. The first-order chi connectivity index (χ1) is 8.18. The van der Waals surface area contributed by atoms with Crippen molar-refractivity contribution in [2.75, 3.05) is 6.61 Å². The molecule has 0 radical (unpaired) electrons. The van der Waals surface area contributed by atoms with Crippen molar-refractivity contribution < 1.29 is 19.4 Å². The molecule has 0 bridgehead atoms. The zero-order valence-corrected chi connectivity index (χ0v) is 10.3. The van der Waals surface area contributed by atoms with Gasteiger partial charge in [0.15, 0.2) is 0 Å². The standard InChI is InChI=1S/C13H22O4/c1-2-3-4-5-6-7-8-9-10-11-17-13(16)12(14)15/h2H,1,3-11H2,(H,14,15). The highest BCUT2D eigenvalue weighted by atomic mass is 16.6. The predicted octanol–water partition coefficient (Wildman–Crippen LogP) is 2.92. The summed E-state index contributed by atoms with van der Waals surface area (Å²) in [6.45, 7) is 3.88. The molecule has 4 heteroatoms. The van der Waals surface area contributed by atoms with Gasteiger partial charge in [-0.25, -0.2) is 9.59 Å². The van der Waals surface area contributed by atoms with E-state index >= 15 is 0 Å². The number of carbonyl (C=O) groups is 2. The molecule has 0 unspecified atom stereocenters. The van der Waals surface area contributed by atoms with Gasteiger partial charge < -0.3 is 9.84 Å². The Labute approximate surface area is 103 Å². The average molecular weight is 242 g/mol. The first-order valence-corrected chi connectivity index (χ1v) is 6.19. The van der Waals surface area contributed by atoms with Gasteiger partial charge in [-0.15, -0.1) is 6.58 Å². The summed E-state index contributed by atoms with van der Waals surface area (Å²) in [5.41, 5.74) is 0. The second-order valence-corrected chi connectivity index (χ2v) is 3.99. The van der Waals surface area contributed by atoms with E-state index < -0.39 is 11.9 Å². The lowest BCUT2D eigenvalue weighted by Crippen LogP contribution is -2.16. The number of carboxylic acid groups (broad SMARTS) is 1. The molecule has 0 aliphatic rings. The van der Waals surface area contributed by atoms with E-state index in [1.807, 2.05) is 6.08 Å². The molecule has 0 rings (SSSR count). The van der Waals surface area contributed by atoms with Crippen molar-refractivity contribution in [1.29, 1.82) is 0 Å². The number of carboxylic acids is 1. The lowest BCUT2D eigenvalue weighted by Gasteiger charge is -2.02. The van der Waals surface area contributed by atoms with Crippen LogP contribution >= 0.6 is 0 Å². The van der Waals surface area contributed by atoms with E-state index in [2.05, 4.69) is 11.3 Å². The maximum Gasteiger partial charge on any atom is 0.417 e. The third-order valence-corrected chi connectivity index (χ3v) is 2.46. The van der Waals surface area contributed by atoms with Crippen molar-refractivity contribution in [2.24, 2.45) is 0 Å². The SMILES string of the molecule is C=CCCCCCCCCCOC(=O)C(=O)O. The lowest BCUT2D eigenvalue weighted by molar-refractivity contribution is -0.163. The molecule has 4 nitrogen and oxygen atoms in total. The first kappa shape index (κ1) is 15.7. The number of hydrogen-bond acceptors (Lipinski definition) is 3. The van der Waals surface area contributed by atoms with E-state index in [-0.39, 0.29) is 6.61 Å². The van der Waals surface area contributed by atoms with Crippen LogP contribution in [0.4, 0.5) is 0 Å². The fourth-order valence-electron chi connectivity index (χ4n) is 1.50. The van der Waals surface area contributed by atoms with Crippen LogP contribution in [0.5, 0.6) is 0 Å². The molecule has 0 aromatic rings. The third-order valence-electron chi connectivity index (χ3n) is 2.46. The van der Waals surface area contributed by atoms with Crippen LogP contribution in [0.1, 0.15) is 51.4 Å². The molecule has 0 saturated heterocycles. The summed E-state index contributed by atoms with van der Waals surface area (Å²) < 4.78 is 4.51. The summed E-state index contributed by atoms with van der Waals surface area (Å²) >= 11 is 0. The second-order valence-electron chi connectivity index (χ2n) is 3.99. The van der Waals surface area contributed by atoms with Gasteiger partial charge in [0.25, 0.3) is 0 Å². The highest BCUT2D eigenvalue weighted by molar-refractivity contribution is 6.28. The summed E-state index contributed by atoms with van der Waals surface area (Å²) in [6.07, 6.45) is 10.7. The minimum atomic E-state index is -1.52. The largest absolute Gasteiger partial charge is 0.473 e. The van der Waals surface area contributed by atoms with E-state index in [0.29, 0.717) is 0 Å². The van der Waals surface area contributed by atoms with Crippen LogP contribution in [0.15, 0.2) is 12.7 Å². The summed E-state index contributed by atoms with van der Waals surface area (Å²) in [6, 6.07) is 0.